The topological polar surface area (TPSA) is 96.2 Å². The van der Waals surface area contributed by atoms with E-state index in [9.17, 15) is 14.0 Å². The summed E-state index contributed by atoms with van der Waals surface area (Å²) in [6.45, 7) is 1.66. The van der Waals surface area contributed by atoms with Gasteiger partial charge in [0.25, 0.3) is 5.91 Å². The van der Waals surface area contributed by atoms with Gasteiger partial charge >= 0.3 is 6.03 Å². The molecule has 3 amide bonds. The fraction of sp³-hybridized carbons (Fsp3) is 0.263. The molecule has 0 bridgehead atoms. The zero-order chi connectivity index (χ0) is 19.2. The predicted molar refractivity (Wildman–Crippen MR) is 103 cm³/mol. The number of halogens is 1. The van der Waals surface area contributed by atoms with E-state index < -0.39 is 6.03 Å². The Morgan fingerprint density at radius 2 is 2.04 bits per heavy atom. The standard InChI is InChI=1S/C19H19FN4O2S/c20-13-6-3-12(4-7-13)5-8-15-10-16(24-19(21)26)17(27-15)18(25)23-14-2-1-9-22-11-14/h3-4,6-7,10,14,22H,1-2,9,11H2,(H,23,25)(H3,21,24,26). The van der Waals surface area contributed by atoms with Crippen LogP contribution in [-0.2, 0) is 0 Å². The van der Waals surface area contributed by atoms with E-state index in [-0.39, 0.29) is 17.8 Å². The fourth-order valence-electron chi connectivity index (χ4n) is 2.74. The molecule has 1 aromatic carbocycles. The third-order valence-corrected chi connectivity index (χ3v) is 5.05. The highest BCUT2D eigenvalue weighted by atomic mass is 32.1. The Hall–Kier alpha value is -2.89. The van der Waals surface area contributed by atoms with Crippen LogP contribution in [0.5, 0.6) is 0 Å². The van der Waals surface area contributed by atoms with Crippen LogP contribution in [-0.4, -0.2) is 31.1 Å². The zero-order valence-electron chi connectivity index (χ0n) is 14.5. The number of nitrogens with two attached hydrogens (primary N) is 1. The molecule has 8 heteroatoms. The molecule has 1 atom stereocenters. The average molecular weight is 386 g/mol. The highest BCUT2D eigenvalue weighted by Crippen LogP contribution is 2.27. The maximum Gasteiger partial charge on any atom is 0.316 e. The van der Waals surface area contributed by atoms with Crippen molar-refractivity contribution in [3.8, 4) is 11.8 Å². The molecule has 2 aromatic rings. The van der Waals surface area contributed by atoms with Crippen LogP contribution in [0.2, 0.25) is 0 Å². The summed E-state index contributed by atoms with van der Waals surface area (Å²) in [5.74, 6) is 5.24. The second kappa shape index (κ2) is 8.66. The van der Waals surface area contributed by atoms with Crippen LogP contribution in [0, 0.1) is 17.7 Å². The lowest BCUT2D eigenvalue weighted by Gasteiger charge is -2.23. The lowest BCUT2D eigenvalue weighted by Crippen LogP contribution is -2.45. The molecule has 0 saturated carbocycles. The predicted octanol–water partition coefficient (Wildman–Crippen LogP) is 2.26. The molecule has 140 valence electrons. The number of carbonyl (C=O) groups is 2. The molecule has 3 rings (SSSR count). The first-order valence-electron chi connectivity index (χ1n) is 8.51. The number of anilines is 1. The van der Waals surface area contributed by atoms with Crippen molar-refractivity contribution < 1.29 is 14.0 Å². The first-order valence-corrected chi connectivity index (χ1v) is 9.32. The van der Waals surface area contributed by atoms with Crippen LogP contribution in [0.25, 0.3) is 0 Å². The normalized spacial score (nSPS) is 16.1. The molecule has 1 saturated heterocycles. The van der Waals surface area contributed by atoms with E-state index in [0.717, 1.165) is 19.4 Å². The monoisotopic (exact) mass is 386 g/mol. The summed E-state index contributed by atoms with van der Waals surface area (Å²) in [6.07, 6.45) is 1.90. The van der Waals surface area contributed by atoms with E-state index in [1.807, 2.05) is 0 Å². The van der Waals surface area contributed by atoms with Crippen LogP contribution in [0.15, 0.2) is 30.3 Å². The molecule has 0 spiro atoms. The van der Waals surface area contributed by atoms with Gasteiger partial charge in [0.15, 0.2) is 0 Å². The quantitative estimate of drug-likeness (QED) is 0.609. The number of rotatable bonds is 3. The lowest BCUT2D eigenvalue weighted by molar-refractivity contribution is 0.0935. The largest absolute Gasteiger partial charge is 0.351 e. The summed E-state index contributed by atoms with van der Waals surface area (Å²) >= 11 is 1.17. The summed E-state index contributed by atoms with van der Waals surface area (Å²) in [5.41, 5.74) is 6.19. The van der Waals surface area contributed by atoms with Crippen LogP contribution in [0.1, 0.15) is 33.0 Å². The number of benzene rings is 1. The van der Waals surface area contributed by atoms with Gasteiger partial charge in [-0.15, -0.1) is 11.3 Å². The molecular formula is C19H19FN4O2S. The zero-order valence-corrected chi connectivity index (χ0v) is 15.3. The molecule has 6 nitrogen and oxygen atoms in total. The van der Waals surface area contributed by atoms with Crippen molar-refractivity contribution in [2.75, 3.05) is 18.4 Å². The first kappa shape index (κ1) is 18.9. The van der Waals surface area contributed by atoms with Gasteiger partial charge in [0.1, 0.15) is 10.7 Å². The summed E-state index contributed by atoms with van der Waals surface area (Å²) < 4.78 is 13.0. The Kier molecular flexibility index (Phi) is 6.06. The number of piperidine rings is 1. The Labute approximate surface area is 160 Å². The number of carbonyl (C=O) groups excluding carboxylic acids is 2. The van der Waals surface area contributed by atoms with Gasteiger partial charge in [0, 0.05) is 18.2 Å². The van der Waals surface area contributed by atoms with Crippen molar-refractivity contribution in [2.24, 2.45) is 5.73 Å². The van der Waals surface area contributed by atoms with Crippen LogP contribution >= 0.6 is 11.3 Å². The smallest absolute Gasteiger partial charge is 0.316 e. The summed E-state index contributed by atoms with van der Waals surface area (Å²) in [7, 11) is 0. The number of hydrogen-bond donors (Lipinski definition) is 4. The average Bonchev–Trinajstić information content (AvgIpc) is 3.04. The molecule has 5 N–H and O–H groups in total. The van der Waals surface area contributed by atoms with Crippen molar-refractivity contribution in [1.82, 2.24) is 10.6 Å². The van der Waals surface area contributed by atoms with E-state index in [4.69, 9.17) is 5.73 Å². The summed E-state index contributed by atoms with van der Waals surface area (Å²) in [4.78, 5) is 24.8. The highest BCUT2D eigenvalue weighted by molar-refractivity contribution is 7.15. The Balaban J connectivity index is 1.81. The SMILES string of the molecule is NC(=O)Nc1cc(C#Cc2ccc(F)cc2)sc1C(=O)NC1CCCNC1. The molecule has 0 radical (unpaired) electrons. The molecular weight excluding hydrogens is 367 g/mol. The minimum Gasteiger partial charge on any atom is -0.351 e. The minimum absolute atomic E-state index is 0.0449. The summed E-state index contributed by atoms with van der Waals surface area (Å²) in [6, 6.07) is 6.71. The van der Waals surface area contributed by atoms with E-state index in [1.165, 1.54) is 23.5 Å². The molecule has 2 heterocycles. The van der Waals surface area contributed by atoms with Crippen molar-refractivity contribution in [3.63, 3.8) is 0 Å². The Bertz CT molecular complexity index is 893. The van der Waals surface area contributed by atoms with Gasteiger partial charge < -0.3 is 21.7 Å². The third-order valence-electron chi connectivity index (χ3n) is 4.00. The van der Waals surface area contributed by atoms with Gasteiger partial charge in [-0.05, 0) is 49.7 Å². The van der Waals surface area contributed by atoms with Crippen molar-refractivity contribution >= 4 is 29.0 Å². The van der Waals surface area contributed by atoms with Crippen molar-refractivity contribution in [1.29, 1.82) is 0 Å². The van der Waals surface area contributed by atoms with E-state index in [0.29, 0.717) is 27.5 Å². The molecule has 1 aliphatic rings. The number of urea groups is 1. The van der Waals surface area contributed by atoms with Gasteiger partial charge in [-0.3, -0.25) is 4.79 Å². The summed E-state index contributed by atoms with van der Waals surface area (Å²) in [5, 5.41) is 8.68. The third kappa shape index (κ3) is 5.29. The van der Waals surface area contributed by atoms with Crippen molar-refractivity contribution in [3.05, 3.63) is 51.5 Å². The van der Waals surface area contributed by atoms with Gasteiger partial charge in [-0.1, -0.05) is 11.8 Å². The van der Waals surface area contributed by atoms with Crippen molar-refractivity contribution in [2.45, 2.75) is 18.9 Å². The number of hydrogen-bond acceptors (Lipinski definition) is 4. The first-order chi connectivity index (χ1) is 13.0. The van der Waals surface area contributed by atoms with Crippen LogP contribution in [0.4, 0.5) is 14.9 Å². The Morgan fingerprint density at radius 1 is 1.26 bits per heavy atom. The maximum atomic E-state index is 13.0. The molecule has 1 fully saturated rings. The Morgan fingerprint density at radius 3 is 2.70 bits per heavy atom. The van der Waals surface area contributed by atoms with Gasteiger partial charge in [0.05, 0.1) is 10.6 Å². The van der Waals surface area contributed by atoms with E-state index in [2.05, 4.69) is 27.8 Å². The second-order valence-electron chi connectivity index (χ2n) is 6.12. The minimum atomic E-state index is -0.751. The van der Waals surface area contributed by atoms with Gasteiger partial charge in [0.2, 0.25) is 0 Å². The van der Waals surface area contributed by atoms with Gasteiger partial charge in [-0.25, -0.2) is 9.18 Å². The van der Waals surface area contributed by atoms with Crippen LogP contribution < -0.4 is 21.7 Å². The van der Waals surface area contributed by atoms with Crippen LogP contribution in [0.3, 0.4) is 0 Å². The highest BCUT2D eigenvalue weighted by Gasteiger charge is 2.21. The number of thiophene rings is 1. The van der Waals surface area contributed by atoms with E-state index in [1.54, 1.807) is 18.2 Å². The van der Waals surface area contributed by atoms with E-state index >= 15 is 0 Å². The lowest BCUT2D eigenvalue weighted by atomic mass is 10.1. The fourth-order valence-corrected chi connectivity index (χ4v) is 3.61. The molecule has 0 aliphatic carbocycles. The van der Waals surface area contributed by atoms with Gasteiger partial charge in [-0.2, -0.15) is 0 Å². The molecule has 1 aromatic heterocycles. The second-order valence-corrected chi connectivity index (χ2v) is 7.17. The molecule has 1 unspecified atom stereocenters. The molecule has 27 heavy (non-hydrogen) atoms. The maximum absolute atomic E-state index is 13.0. The number of nitrogens with one attached hydrogen (secondary N) is 3. The number of primary amides is 1. The molecule has 1 aliphatic heterocycles. The number of amides is 3.